The number of nitrogens with one attached hydrogen (secondary N) is 1. The maximum Gasteiger partial charge on any atom is 0.257 e. The van der Waals surface area contributed by atoms with Gasteiger partial charge in [0, 0.05) is 25.2 Å². The Morgan fingerprint density at radius 3 is 2.78 bits per heavy atom. The predicted molar refractivity (Wildman–Crippen MR) is 67.9 cm³/mol. The van der Waals surface area contributed by atoms with Gasteiger partial charge in [0.2, 0.25) is 0 Å². The first-order valence-corrected chi connectivity index (χ1v) is 6.03. The minimum Gasteiger partial charge on any atom is -0.507 e. The van der Waals surface area contributed by atoms with Gasteiger partial charge in [0.1, 0.15) is 5.75 Å². The molecule has 2 atom stereocenters. The van der Waals surface area contributed by atoms with Gasteiger partial charge in [-0.25, -0.2) is 0 Å². The Labute approximate surface area is 110 Å². The average Bonchev–Trinajstić information content (AvgIpc) is 2.74. The number of aliphatic hydroxyl groups excluding tert-OH is 1. The van der Waals surface area contributed by atoms with Gasteiger partial charge in [0.15, 0.2) is 0 Å². The molecule has 0 radical (unpaired) electrons. The summed E-state index contributed by atoms with van der Waals surface area (Å²) < 4.78 is 0. The van der Waals surface area contributed by atoms with Crippen molar-refractivity contribution in [2.24, 2.45) is 0 Å². The SMILES string of the molecule is CN(C(=O)c1ccc(Cl)cc1O)[C@H]1CNC[C@@H]1O. The van der Waals surface area contributed by atoms with Gasteiger partial charge in [-0.15, -0.1) is 0 Å². The number of hydrogen-bond donors (Lipinski definition) is 3. The second-order valence-electron chi connectivity index (χ2n) is 4.37. The smallest absolute Gasteiger partial charge is 0.257 e. The zero-order valence-electron chi connectivity index (χ0n) is 9.93. The van der Waals surface area contributed by atoms with Gasteiger partial charge < -0.3 is 20.4 Å². The lowest BCUT2D eigenvalue weighted by molar-refractivity contribution is 0.0578. The quantitative estimate of drug-likeness (QED) is 0.730. The zero-order chi connectivity index (χ0) is 13.3. The summed E-state index contributed by atoms with van der Waals surface area (Å²) in [7, 11) is 1.61. The zero-order valence-corrected chi connectivity index (χ0v) is 10.7. The molecule has 0 unspecified atom stereocenters. The second kappa shape index (κ2) is 5.14. The Balaban J connectivity index is 2.20. The van der Waals surface area contributed by atoms with Crippen LogP contribution in [0, 0.1) is 0 Å². The summed E-state index contributed by atoms with van der Waals surface area (Å²) >= 11 is 5.72. The average molecular weight is 271 g/mol. The minimum absolute atomic E-state index is 0.153. The lowest BCUT2D eigenvalue weighted by Crippen LogP contribution is -2.44. The first-order valence-electron chi connectivity index (χ1n) is 5.65. The van der Waals surface area contributed by atoms with Crippen LogP contribution in [0.25, 0.3) is 0 Å². The van der Waals surface area contributed by atoms with Gasteiger partial charge in [0.05, 0.1) is 17.7 Å². The molecule has 1 fully saturated rings. The molecule has 6 heteroatoms. The number of benzene rings is 1. The number of amides is 1. The van der Waals surface area contributed by atoms with Crippen molar-refractivity contribution in [3.8, 4) is 5.75 Å². The van der Waals surface area contributed by atoms with E-state index < -0.39 is 6.10 Å². The molecule has 2 rings (SSSR count). The fraction of sp³-hybridized carbons (Fsp3) is 0.417. The maximum atomic E-state index is 12.2. The largest absolute Gasteiger partial charge is 0.507 e. The number of β-amino-alcohol motifs (C(OH)–C–C–N with tert-alkyl or cyclic N) is 1. The van der Waals surface area contributed by atoms with Gasteiger partial charge >= 0.3 is 0 Å². The van der Waals surface area contributed by atoms with E-state index in [9.17, 15) is 15.0 Å². The van der Waals surface area contributed by atoms with E-state index in [0.29, 0.717) is 18.1 Å². The highest BCUT2D eigenvalue weighted by Gasteiger charge is 2.32. The molecule has 0 aliphatic carbocycles. The Bertz CT molecular complexity index is 467. The van der Waals surface area contributed by atoms with Gasteiger partial charge in [-0.2, -0.15) is 0 Å². The van der Waals surface area contributed by atoms with Crippen molar-refractivity contribution in [1.29, 1.82) is 0 Å². The predicted octanol–water partition coefficient (Wildman–Crippen LogP) is 0.450. The number of carbonyl (C=O) groups is 1. The minimum atomic E-state index is -0.589. The summed E-state index contributed by atoms with van der Waals surface area (Å²) in [6, 6.07) is 4.07. The number of likely N-dealkylation sites (N-methyl/N-ethyl adjacent to an activating group) is 1. The standard InChI is InChI=1S/C12H15ClN2O3/c1-15(9-5-14-6-11(9)17)12(18)8-3-2-7(13)4-10(8)16/h2-4,9,11,14,16-17H,5-6H2,1H3/t9-,11-/m0/s1. The van der Waals surface area contributed by atoms with Crippen LogP contribution in [0.1, 0.15) is 10.4 Å². The summed E-state index contributed by atoms with van der Waals surface area (Å²) in [6.45, 7) is 1.01. The van der Waals surface area contributed by atoms with Crippen molar-refractivity contribution in [3.63, 3.8) is 0 Å². The van der Waals surface area contributed by atoms with Crippen LogP contribution in [0.2, 0.25) is 5.02 Å². The Morgan fingerprint density at radius 2 is 2.22 bits per heavy atom. The molecular weight excluding hydrogens is 256 g/mol. The van der Waals surface area contributed by atoms with Crippen LogP contribution in [-0.2, 0) is 0 Å². The number of aromatic hydroxyl groups is 1. The first kappa shape index (κ1) is 13.1. The molecule has 18 heavy (non-hydrogen) atoms. The Morgan fingerprint density at radius 1 is 1.50 bits per heavy atom. The van der Waals surface area contributed by atoms with E-state index in [0.717, 1.165) is 0 Å². The Hall–Kier alpha value is -1.30. The molecule has 0 saturated carbocycles. The van der Waals surface area contributed by atoms with E-state index >= 15 is 0 Å². The number of carbonyl (C=O) groups excluding carboxylic acids is 1. The van der Waals surface area contributed by atoms with Crippen molar-refractivity contribution >= 4 is 17.5 Å². The third-order valence-electron chi connectivity index (χ3n) is 3.16. The van der Waals surface area contributed by atoms with Gasteiger partial charge in [-0.3, -0.25) is 4.79 Å². The van der Waals surface area contributed by atoms with Crippen LogP contribution in [-0.4, -0.2) is 53.3 Å². The lowest BCUT2D eigenvalue weighted by atomic mass is 10.1. The number of rotatable bonds is 2. The number of phenols is 1. The van der Waals surface area contributed by atoms with Crippen molar-refractivity contribution in [3.05, 3.63) is 28.8 Å². The van der Waals surface area contributed by atoms with Crippen molar-refractivity contribution in [1.82, 2.24) is 10.2 Å². The molecule has 5 nitrogen and oxygen atoms in total. The molecule has 1 aliphatic heterocycles. The number of hydrogen-bond acceptors (Lipinski definition) is 4. The highest BCUT2D eigenvalue weighted by atomic mass is 35.5. The highest BCUT2D eigenvalue weighted by Crippen LogP contribution is 2.24. The van der Waals surface area contributed by atoms with E-state index in [-0.39, 0.29) is 23.3 Å². The fourth-order valence-electron chi connectivity index (χ4n) is 2.07. The van der Waals surface area contributed by atoms with E-state index in [4.69, 9.17) is 11.6 Å². The van der Waals surface area contributed by atoms with Crippen molar-refractivity contribution < 1.29 is 15.0 Å². The summed E-state index contributed by atoms with van der Waals surface area (Å²) in [5.41, 5.74) is 0.181. The van der Waals surface area contributed by atoms with Gasteiger partial charge in [-0.1, -0.05) is 11.6 Å². The van der Waals surface area contributed by atoms with Crippen LogP contribution < -0.4 is 5.32 Å². The van der Waals surface area contributed by atoms with E-state index in [1.165, 1.54) is 17.0 Å². The summed E-state index contributed by atoms with van der Waals surface area (Å²) in [5.74, 6) is -0.489. The first-order chi connectivity index (χ1) is 8.50. The van der Waals surface area contributed by atoms with Crippen LogP contribution in [0.4, 0.5) is 0 Å². The van der Waals surface area contributed by atoms with E-state index in [1.807, 2.05) is 0 Å². The third kappa shape index (κ3) is 2.43. The van der Waals surface area contributed by atoms with Crippen LogP contribution in [0.3, 0.4) is 0 Å². The van der Waals surface area contributed by atoms with Crippen molar-refractivity contribution in [2.45, 2.75) is 12.1 Å². The van der Waals surface area contributed by atoms with Crippen LogP contribution >= 0.6 is 11.6 Å². The monoisotopic (exact) mass is 270 g/mol. The highest BCUT2D eigenvalue weighted by molar-refractivity contribution is 6.30. The molecule has 0 spiro atoms. The summed E-state index contributed by atoms with van der Waals surface area (Å²) in [5, 5.41) is 22.8. The molecule has 1 amide bonds. The number of halogens is 1. The normalized spacial score (nSPS) is 23.1. The molecule has 1 saturated heterocycles. The second-order valence-corrected chi connectivity index (χ2v) is 4.81. The molecule has 1 aromatic rings. The molecule has 0 bridgehead atoms. The molecular formula is C12H15ClN2O3. The van der Waals surface area contributed by atoms with E-state index in [2.05, 4.69) is 5.32 Å². The topological polar surface area (TPSA) is 72.8 Å². The van der Waals surface area contributed by atoms with Gasteiger partial charge in [-0.05, 0) is 18.2 Å². The number of nitrogens with zero attached hydrogens (tertiary/aromatic N) is 1. The fourth-order valence-corrected chi connectivity index (χ4v) is 2.24. The number of aliphatic hydroxyl groups is 1. The molecule has 1 heterocycles. The Kier molecular flexibility index (Phi) is 3.75. The lowest BCUT2D eigenvalue weighted by Gasteiger charge is -2.26. The molecule has 0 aromatic heterocycles. The molecule has 1 aromatic carbocycles. The van der Waals surface area contributed by atoms with Crippen LogP contribution in [0.5, 0.6) is 5.75 Å². The summed E-state index contributed by atoms with van der Waals surface area (Å²) in [6.07, 6.45) is -0.589. The number of phenolic OH excluding ortho intramolecular Hbond substituents is 1. The van der Waals surface area contributed by atoms with Crippen molar-refractivity contribution in [2.75, 3.05) is 20.1 Å². The van der Waals surface area contributed by atoms with E-state index in [1.54, 1.807) is 13.1 Å². The van der Waals surface area contributed by atoms with Gasteiger partial charge in [0.25, 0.3) is 5.91 Å². The molecule has 98 valence electrons. The molecule has 1 aliphatic rings. The summed E-state index contributed by atoms with van der Waals surface area (Å²) in [4.78, 5) is 13.6. The van der Waals surface area contributed by atoms with Crippen LogP contribution in [0.15, 0.2) is 18.2 Å². The maximum absolute atomic E-state index is 12.2. The third-order valence-corrected chi connectivity index (χ3v) is 3.39. The molecule has 3 N–H and O–H groups in total.